The summed E-state index contributed by atoms with van der Waals surface area (Å²) in [6.07, 6.45) is 3.26. The van der Waals surface area contributed by atoms with Crippen LogP contribution < -0.4 is 10.2 Å². The van der Waals surface area contributed by atoms with E-state index in [1.807, 2.05) is 12.1 Å². The van der Waals surface area contributed by atoms with Gasteiger partial charge in [0, 0.05) is 23.4 Å². The lowest BCUT2D eigenvalue weighted by Crippen LogP contribution is -2.36. The topological polar surface area (TPSA) is 80.2 Å². The van der Waals surface area contributed by atoms with E-state index in [9.17, 15) is 4.79 Å². The molecular weight excluding hydrogens is 394 g/mol. The van der Waals surface area contributed by atoms with Gasteiger partial charge < -0.3 is 15.0 Å². The van der Waals surface area contributed by atoms with Crippen molar-refractivity contribution in [2.24, 2.45) is 0 Å². The molecule has 4 heterocycles. The van der Waals surface area contributed by atoms with Gasteiger partial charge in [0.2, 0.25) is 5.91 Å². The molecule has 0 aliphatic carbocycles. The third-order valence-corrected chi connectivity index (χ3v) is 6.74. The van der Waals surface area contributed by atoms with E-state index in [4.69, 9.17) is 4.74 Å². The molecule has 1 aliphatic heterocycles. The quantitative estimate of drug-likeness (QED) is 0.506. The molecule has 3 aromatic rings. The van der Waals surface area contributed by atoms with Gasteiger partial charge in [-0.25, -0.2) is 15.0 Å². The van der Waals surface area contributed by atoms with Crippen molar-refractivity contribution in [3.05, 3.63) is 35.1 Å². The number of aryl methyl sites for hydroxylation is 2. The average Bonchev–Trinajstić information content (AvgIpc) is 3.02. The fourth-order valence-electron chi connectivity index (χ4n) is 3.03. The average molecular weight is 416 g/mol. The van der Waals surface area contributed by atoms with Crippen molar-refractivity contribution in [2.75, 3.05) is 42.3 Å². The summed E-state index contributed by atoms with van der Waals surface area (Å²) in [5, 5.41) is 4.81. The van der Waals surface area contributed by atoms with E-state index in [1.165, 1.54) is 22.2 Å². The Morgan fingerprint density at radius 1 is 1.25 bits per heavy atom. The van der Waals surface area contributed by atoms with Gasteiger partial charge in [0.05, 0.1) is 30.9 Å². The number of ether oxygens (including phenoxy) is 1. The maximum atomic E-state index is 12.4. The van der Waals surface area contributed by atoms with Crippen LogP contribution in [0.15, 0.2) is 29.7 Å². The first-order valence-electron chi connectivity index (χ1n) is 9.04. The second kappa shape index (κ2) is 8.42. The largest absolute Gasteiger partial charge is 0.378 e. The molecule has 28 heavy (non-hydrogen) atoms. The number of fused-ring (bicyclic) bond motifs is 1. The number of carbonyl (C=O) groups is 1. The molecular formula is C19H21N5O2S2. The minimum atomic E-state index is -0.0812. The smallest absolute Gasteiger partial charge is 0.234 e. The highest BCUT2D eigenvalue weighted by molar-refractivity contribution is 8.00. The number of amides is 1. The van der Waals surface area contributed by atoms with Gasteiger partial charge in [0.25, 0.3) is 0 Å². The van der Waals surface area contributed by atoms with Crippen LogP contribution in [0.3, 0.4) is 0 Å². The SMILES string of the molecule is Cc1sc2ncnc(SCC(=O)Nc3ccc(N4CCOCC4)nc3)c2c1C. The van der Waals surface area contributed by atoms with Crippen molar-refractivity contribution in [3.63, 3.8) is 0 Å². The first-order valence-corrected chi connectivity index (χ1v) is 10.8. The van der Waals surface area contributed by atoms with Crippen molar-refractivity contribution in [3.8, 4) is 0 Å². The second-order valence-corrected chi connectivity index (χ2v) is 8.65. The lowest BCUT2D eigenvalue weighted by Gasteiger charge is -2.27. The Morgan fingerprint density at radius 2 is 2.07 bits per heavy atom. The molecule has 1 fully saturated rings. The Bertz CT molecular complexity index is 984. The number of carbonyl (C=O) groups excluding carboxylic acids is 1. The van der Waals surface area contributed by atoms with Crippen LogP contribution in [-0.2, 0) is 9.53 Å². The molecule has 0 aromatic carbocycles. The molecule has 7 nitrogen and oxygen atoms in total. The number of hydrogen-bond acceptors (Lipinski definition) is 8. The number of hydrogen-bond donors (Lipinski definition) is 1. The number of morpholine rings is 1. The maximum absolute atomic E-state index is 12.4. The van der Waals surface area contributed by atoms with Gasteiger partial charge in [0.1, 0.15) is 22.0 Å². The number of pyridine rings is 1. The Morgan fingerprint density at radius 3 is 2.82 bits per heavy atom. The second-order valence-electron chi connectivity index (χ2n) is 6.48. The van der Waals surface area contributed by atoms with Gasteiger partial charge in [-0.1, -0.05) is 11.8 Å². The molecule has 1 N–H and O–H groups in total. The van der Waals surface area contributed by atoms with Crippen LogP contribution in [0.5, 0.6) is 0 Å². The van der Waals surface area contributed by atoms with Crippen LogP contribution >= 0.6 is 23.1 Å². The zero-order valence-electron chi connectivity index (χ0n) is 15.8. The highest BCUT2D eigenvalue weighted by Crippen LogP contribution is 2.34. The first kappa shape index (κ1) is 19.1. The van der Waals surface area contributed by atoms with E-state index in [1.54, 1.807) is 23.9 Å². The van der Waals surface area contributed by atoms with Crippen LogP contribution in [-0.4, -0.2) is 52.9 Å². The molecule has 9 heteroatoms. The number of nitrogens with zero attached hydrogens (tertiary/aromatic N) is 4. The summed E-state index contributed by atoms with van der Waals surface area (Å²) in [6.45, 7) is 7.27. The Kier molecular flexibility index (Phi) is 5.74. The highest BCUT2D eigenvalue weighted by atomic mass is 32.2. The van der Waals surface area contributed by atoms with E-state index in [-0.39, 0.29) is 11.7 Å². The van der Waals surface area contributed by atoms with Crippen LogP contribution in [0, 0.1) is 13.8 Å². The number of nitrogens with one attached hydrogen (secondary N) is 1. The third kappa shape index (κ3) is 4.11. The number of anilines is 2. The van der Waals surface area contributed by atoms with Gasteiger partial charge >= 0.3 is 0 Å². The summed E-state index contributed by atoms with van der Waals surface area (Å²) in [5.41, 5.74) is 1.88. The predicted molar refractivity (Wildman–Crippen MR) is 114 cm³/mol. The van der Waals surface area contributed by atoms with E-state index in [0.717, 1.165) is 47.4 Å². The molecule has 0 atom stereocenters. The van der Waals surface area contributed by atoms with Gasteiger partial charge in [-0.05, 0) is 31.5 Å². The third-order valence-electron chi connectivity index (χ3n) is 4.64. The minimum Gasteiger partial charge on any atom is -0.378 e. The number of rotatable bonds is 5. The molecule has 0 spiro atoms. The van der Waals surface area contributed by atoms with Crippen LogP contribution in [0.4, 0.5) is 11.5 Å². The van der Waals surface area contributed by atoms with Crippen molar-refractivity contribution in [1.82, 2.24) is 15.0 Å². The van der Waals surface area contributed by atoms with Gasteiger partial charge in [-0.3, -0.25) is 4.79 Å². The Balaban J connectivity index is 1.37. The standard InChI is InChI=1S/C19H21N5O2S2/c1-12-13(2)28-19-17(12)18(21-11-22-19)27-10-16(25)23-14-3-4-15(20-9-14)24-5-7-26-8-6-24/h3-4,9,11H,5-8,10H2,1-2H3,(H,23,25). The summed E-state index contributed by atoms with van der Waals surface area (Å²) in [7, 11) is 0. The summed E-state index contributed by atoms with van der Waals surface area (Å²) in [6, 6.07) is 3.81. The highest BCUT2D eigenvalue weighted by Gasteiger charge is 2.15. The van der Waals surface area contributed by atoms with E-state index < -0.39 is 0 Å². The lowest BCUT2D eigenvalue weighted by atomic mass is 10.2. The molecule has 0 saturated carbocycles. The first-order chi connectivity index (χ1) is 13.6. The normalized spacial score (nSPS) is 14.4. The molecule has 0 radical (unpaired) electrons. The number of aromatic nitrogens is 3. The molecule has 1 amide bonds. The molecule has 4 rings (SSSR count). The molecule has 0 bridgehead atoms. The fourth-order valence-corrected chi connectivity index (χ4v) is 4.95. The van der Waals surface area contributed by atoms with E-state index in [0.29, 0.717) is 5.69 Å². The lowest BCUT2D eigenvalue weighted by molar-refractivity contribution is -0.113. The molecule has 0 unspecified atom stereocenters. The van der Waals surface area contributed by atoms with Crippen molar-refractivity contribution >= 4 is 50.7 Å². The van der Waals surface area contributed by atoms with Crippen molar-refractivity contribution in [2.45, 2.75) is 18.9 Å². The molecule has 3 aromatic heterocycles. The van der Waals surface area contributed by atoms with Crippen molar-refractivity contribution < 1.29 is 9.53 Å². The Labute approximate surface area is 171 Å². The van der Waals surface area contributed by atoms with Gasteiger partial charge in [-0.2, -0.15) is 0 Å². The van der Waals surface area contributed by atoms with Crippen molar-refractivity contribution in [1.29, 1.82) is 0 Å². The summed E-state index contributed by atoms with van der Waals surface area (Å²) in [4.78, 5) is 29.9. The maximum Gasteiger partial charge on any atom is 0.234 e. The Hall–Kier alpha value is -2.23. The van der Waals surface area contributed by atoms with Crippen LogP contribution in [0.1, 0.15) is 10.4 Å². The fraction of sp³-hybridized carbons (Fsp3) is 0.368. The minimum absolute atomic E-state index is 0.0812. The van der Waals surface area contributed by atoms with E-state index in [2.05, 4.69) is 39.0 Å². The number of thiophene rings is 1. The summed E-state index contributed by atoms with van der Waals surface area (Å²) >= 11 is 3.09. The monoisotopic (exact) mass is 415 g/mol. The molecule has 146 valence electrons. The number of thioether (sulfide) groups is 1. The summed E-state index contributed by atoms with van der Waals surface area (Å²) in [5.74, 6) is 1.11. The predicted octanol–water partition coefficient (Wildman–Crippen LogP) is 3.27. The van der Waals surface area contributed by atoms with Gasteiger partial charge in [-0.15, -0.1) is 11.3 Å². The summed E-state index contributed by atoms with van der Waals surface area (Å²) < 4.78 is 5.36. The van der Waals surface area contributed by atoms with Crippen LogP contribution in [0.25, 0.3) is 10.2 Å². The van der Waals surface area contributed by atoms with Gasteiger partial charge in [0.15, 0.2) is 0 Å². The van der Waals surface area contributed by atoms with Crippen LogP contribution in [0.2, 0.25) is 0 Å². The zero-order valence-corrected chi connectivity index (χ0v) is 17.4. The molecule has 1 saturated heterocycles. The zero-order chi connectivity index (χ0) is 19.5. The van der Waals surface area contributed by atoms with E-state index >= 15 is 0 Å². The molecule has 1 aliphatic rings.